The summed E-state index contributed by atoms with van der Waals surface area (Å²) < 4.78 is 37.4. The van der Waals surface area contributed by atoms with Crippen LogP contribution in [0.15, 0.2) is 37.1 Å². The highest BCUT2D eigenvalue weighted by Crippen LogP contribution is 2.41. The molecule has 234 valence electrons. The molecular formula is C34H37F2N7O2. The maximum absolute atomic E-state index is 16.7. The number of benzene rings is 1. The van der Waals surface area contributed by atoms with Crippen molar-refractivity contribution in [2.24, 2.45) is 0 Å². The molecule has 3 atom stereocenters. The molecule has 0 unspecified atom stereocenters. The van der Waals surface area contributed by atoms with Crippen LogP contribution >= 0.6 is 0 Å². The van der Waals surface area contributed by atoms with Crippen LogP contribution in [0, 0.1) is 17.1 Å². The van der Waals surface area contributed by atoms with Gasteiger partial charge in [0.25, 0.3) is 0 Å². The fourth-order valence-corrected chi connectivity index (χ4v) is 7.90. The molecule has 3 fully saturated rings. The fraction of sp³-hybridized carbons (Fsp3) is 0.500. The third kappa shape index (κ3) is 5.29. The maximum Gasteiger partial charge on any atom is 0.319 e. The Bertz CT molecular complexity index is 1690. The largest absolute Gasteiger partial charge is 0.461 e. The van der Waals surface area contributed by atoms with Crippen LogP contribution < -0.4 is 9.64 Å². The second kappa shape index (κ2) is 12.0. The van der Waals surface area contributed by atoms with Crippen LogP contribution in [0.2, 0.25) is 0 Å². The number of nitrogens with zero attached hydrogens (tertiary/aromatic N) is 7. The number of pyridine rings is 1. The highest BCUT2D eigenvalue weighted by molar-refractivity contribution is 5.92. The van der Waals surface area contributed by atoms with E-state index in [9.17, 15) is 14.4 Å². The number of anilines is 1. The van der Waals surface area contributed by atoms with Crippen molar-refractivity contribution >= 4 is 22.6 Å². The van der Waals surface area contributed by atoms with Gasteiger partial charge in [-0.1, -0.05) is 24.8 Å². The molecule has 0 spiro atoms. The molecule has 3 aromatic rings. The first-order chi connectivity index (χ1) is 21.9. The number of halogens is 2. The van der Waals surface area contributed by atoms with Crippen LogP contribution in [0.1, 0.15) is 49.7 Å². The van der Waals surface area contributed by atoms with Crippen LogP contribution in [0.5, 0.6) is 6.01 Å². The van der Waals surface area contributed by atoms with E-state index < -0.39 is 23.6 Å². The zero-order valence-corrected chi connectivity index (χ0v) is 25.4. The molecule has 11 heteroatoms. The SMILES string of the molecule is C=CC(=O)N1CCN(c2nc(OC[C@@]34CCCN3C[C@H](F)C4)nc3c(F)c(-c4cccc5c4CCCC5)ncc23)C[C@@H]1CC#N. The number of piperazine rings is 1. The molecule has 2 aromatic heterocycles. The van der Waals surface area contributed by atoms with E-state index >= 15 is 4.39 Å². The lowest BCUT2D eigenvalue weighted by molar-refractivity contribution is -0.128. The Morgan fingerprint density at radius 3 is 2.89 bits per heavy atom. The second-order valence-electron chi connectivity index (χ2n) is 12.7. The summed E-state index contributed by atoms with van der Waals surface area (Å²) in [6.07, 6.45) is 8.28. The van der Waals surface area contributed by atoms with Crippen molar-refractivity contribution in [3.63, 3.8) is 0 Å². The van der Waals surface area contributed by atoms with Crippen molar-refractivity contribution in [2.75, 3.05) is 44.2 Å². The van der Waals surface area contributed by atoms with Crippen LogP contribution in [0.4, 0.5) is 14.6 Å². The fourth-order valence-electron chi connectivity index (χ4n) is 7.90. The van der Waals surface area contributed by atoms with Gasteiger partial charge in [0.1, 0.15) is 29.8 Å². The van der Waals surface area contributed by atoms with Crippen LogP contribution in [-0.4, -0.2) is 87.7 Å². The number of fused-ring (bicyclic) bond motifs is 3. The smallest absolute Gasteiger partial charge is 0.319 e. The molecule has 45 heavy (non-hydrogen) atoms. The van der Waals surface area contributed by atoms with Crippen LogP contribution in [0.3, 0.4) is 0 Å². The molecule has 3 aliphatic heterocycles. The third-order valence-electron chi connectivity index (χ3n) is 10.1. The Hall–Kier alpha value is -4.17. The normalized spacial score (nSPS) is 24.7. The lowest BCUT2D eigenvalue weighted by atomic mass is 9.87. The van der Waals surface area contributed by atoms with E-state index in [4.69, 9.17) is 9.72 Å². The summed E-state index contributed by atoms with van der Waals surface area (Å²) in [7, 11) is 0. The molecule has 0 N–H and O–H groups in total. The van der Waals surface area contributed by atoms with Gasteiger partial charge in [0.15, 0.2) is 5.82 Å². The number of nitriles is 1. The van der Waals surface area contributed by atoms with Gasteiger partial charge >= 0.3 is 6.01 Å². The molecule has 1 aromatic carbocycles. The molecular weight excluding hydrogens is 576 g/mol. The number of aryl methyl sites for hydroxylation is 1. The lowest BCUT2D eigenvalue weighted by Gasteiger charge is -2.41. The molecule has 5 heterocycles. The predicted octanol–water partition coefficient (Wildman–Crippen LogP) is 4.78. The number of ether oxygens (including phenoxy) is 1. The number of carbonyl (C=O) groups excluding carboxylic acids is 1. The van der Waals surface area contributed by atoms with E-state index in [1.807, 2.05) is 17.0 Å². The molecule has 0 radical (unpaired) electrons. The number of amides is 1. The molecule has 1 aliphatic carbocycles. The first-order valence-electron chi connectivity index (χ1n) is 15.9. The highest BCUT2D eigenvalue weighted by atomic mass is 19.1. The van der Waals surface area contributed by atoms with Crippen LogP contribution in [0.25, 0.3) is 22.2 Å². The Balaban J connectivity index is 1.30. The van der Waals surface area contributed by atoms with Gasteiger partial charge in [0.05, 0.1) is 29.5 Å². The summed E-state index contributed by atoms with van der Waals surface area (Å²) in [5, 5.41) is 9.95. The quantitative estimate of drug-likeness (QED) is 0.351. The molecule has 7 rings (SSSR count). The molecule has 0 saturated carbocycles. The van der Waals surface area contributed by atoms with Gasteiger partial charge < -0.3 is 14.5 Å². The molecule has 3 saturated heterocycles. The van der Waals surface area contributed by atoms with Crippen molar-refractivity contribution in [3.8, 4) is 23.3 Å². The minimum atomic E-state index is -0.906. The van der Waals surface area contributed by atoms with E-state index in [-0.39, 0.29) is 36.2 Å². The number of hydrogen-bond acceptors (Lipinski definition) is 8. The van der Waals surface area contributed by atoms with Gasteiger partial charge in [-0.2, -0.15) is 15.2 Å². The summed E-state index contributed by atoms with van der Waals surface area (Å²) >= 11 is 0. The number of hydrogen-bond donors (Lipinski definition) is 0. The standard InChI is InChI=1S/C34H37F2N7O2/c1-2-28(44)43-16-15-41(20-24(43)11-13-37)32-27-18-38-30(26-10-5-8-22-7-3-4-9-25(22)26)29(36)31(27)39-33(40-32)45-21-34-12-6-14-42(34)19-23(35)17-34/h2,5,8,10,18,23-24H,1,3-4,6-7,9,11-12,14-17,19-21H2/t23-,24+,34+/m1/s1. The maximum atomic E-state index is 16.7. The average Bonchev–Trinajstić information content (AvgIpc) is 3.59. The van der Waals surface area contributed by atoms with Crippen molar-refractivity contribution in [2.45, 2.75) is 69.1 Å². The number of alkyl halides is 1. The second-order valence-corrected chi connectivity index (χ2v) is 12.7. The summed E-state index contributed by atoms with van der Waals surface area (Å²) in [6, 6.07) is 7.79. The van der Waals surface area contributed by atoms with Crippen molar-refractivity contribution in [1.29, 1.82) is 5.26 Å². The number of aromatic nitrogens is 3. The molecule has 1 amide bonds. The molecule has 0 bridgehead atoms. The lowest BCUT2D eigenvalue weighted by Crippen LogP contribution is -2.55. The van der Waals surface area contributed by atoms with E-state index in [1.54, 1.807) is 11.1 Å². The zero-order chi connectivity index (χ0) is 31.1. The van der Waals surface area contributed by atoms with E-state index in [1.165, 1.54) is 11.6 Å². The van der Waals surface area contributed by atoms with Gasteiger partial charge in [-0.15, -0.1) is 0 Å². The van der Waals surface area contributed by atoms with E-state index in [0.29, 0.717) is 43.8 Å². The average molecular weight is 614 g/mol. The monoisotopic (exact) mass is 613 g/mol. The minimum Gasteiger partial charge on any atom is -0.461 e. The predicted molar refractivity (Wildman–Crippen MR) is 166 cm³/mol. The first-order valence-corrected chi connectivity index (χ1v) is 15.9. The summed E-state index contributed by atoms with van der Waals surface area (Å²) in [6.45, 7) is 6.11. The summed E-state index contributed by atoms with van der Waals surface area (Å²) in [4.78, 5) is 32.3. The third-order valence-corrected chi connectivity index (χ3v) is 10.1. The first kappa shape index (κ1) is 29.5. The number of rotatable bonds is 7. The Labute approximate surface area is 261 Å². The Morgan fingerprint density at radius 2 is 2.04 bits per heavy atom. The van der Waals surface area contributed by atoms with Crippen molar-refractivity contribution < 1.29 is 18.3 Å². The highest BCUT2D eigenvalue weighted by Gasteiger charge is 2.49. The number of carbonyl (C=O) groups is 1. The van der Waals surface area contributed by atoms with Crippen molar-refractivity contribution in [3.05, 3.63) is 54.0 Å². The van der Waals surface area contributed by atoms with E-state index in [0.717, 1.165) is 56.2 Å². The van der Waals surface area contributed by atoms with E-state index in [2.05, 4.69) is 33.6 Å². The van der Waals surface area contributed by atoms with Crippen molar-refractivity contribution in [1.82, 2.24) is 24.8 Å². The van der Waals surface area contributed by atoms with Gasteiger partial charge in [-0.3, -0.25) is 14.7 Å². The summed E-state index contributed by atoms with van der Waals surface area (Å²) in [5.41, 5.74) is 3.07. The van der Waals surface area contributed by atoms with Gasteiger partial charge in [0.2, 0.25) is 5.91 Å². The topological polar surface area (TPSA) is 98.5 Å². The zero-order valence-electron chi connectivity index (χ0n) is 25.4. The van der Waals surface area contributed by atoms with Gasteiger partial charge in [-0.25, -0.2) is 8.78 Å². The van der Waals surface area contributed by atoms with Gasteiger partial charge in [0, 0.05) is 44.4 Å². The molecule has 9 nitrogen and oxygen atoms in total. The Morgan fingerprint density at radius 1 is 1.18 bits per heavy atom. The van der Waals surface area contributed by atoms with Gasteiger partial charge in [-0.05, 0) is 62.3 Å². The summed E-state index contributed by atoms with van der Waals surface area (Å²) in [5.74, 6) is -0.343. The minimum absolute atomic E-state index is 0.0219. The Kier molecular flexibility index (Phi) is 7.86. The molecule has 4 aliphatic rings. The van der Waals surface area contributed by atoms with Crippen LogP contribution in [-0.2, 0) is 17.6 Å².